The van der Waals surface area contributed by atoms with Crippen molar-refractivity contribution in [2.45, 2.75) is 26.4 Å². The third kappa shape index (κ3) is 5.27. The van der Waals surface area contributed by atoms with E-state index in [0.717, 1.165) is 16.5 Å². The number of hydrogen-bond acceptors (Lipinski definition) is 8. The summed E-state index contributed by atoms with van der Waals surface area (Å²) in [5.41, 5.74) is 1.18. The van der Waals surface area contributed by atoms with Crippen LogP contribution < -0.4 is 19.8 Å². The summed E-state index contributed by atoms with van der Waals surface area (Å²) < 4.78 is 18.9. The van der Waals surface area contributed by atoms with Crippen molar-refractivity contribution >= 4 is 54.7 Å². The number of nitro benzene ring substituents is 1. The SMILES string of the molecule is CCCc1nc2ccc(Br)cc2c(=O)n1N=Cc1cc(Br)c(OCc2ccc3c(c2)OCO3)c([N+](=O)[O-])c1. The average Bonchev–Trinajstić information content (AvgIpc) is 3.36. The topological polar surface area (TPSA) is 118 Å². The van der Waals surface area contributed by atoms with Crippen molar-refractivity contribution in [2.24, 2.45) is 5.10 Å². The van der Waals surface area contributed by atoms with Crippen molar-refractivity contribution in [1.82, 2.24) is 9.66 Å². The summed E-state index contributed by atoms with van der Waals surface area (Å²) in [4.78, 5) is 29.2. The summed E-state index contributed by atoms with van der Waals surface area (Å²) in [5, 5.41) is 16.7. The van der Waals surface area contributed by atoms with Crippen LogP contribution in [0.2, 0.25) is 0 Å². The smallest absolute Gasteiger partial charge is 0.312 e. The zero-order chi connectivity index (χ0) is 26.8. The lowest BCUT2D eigenvalue weighted by Crippen LogP contribution is -2.22. The summed E-state index contributed by atoms with van der Waals surface area (Å²) in [6, 6.07) is 13.6. The van der Waals surface area contributed by atoms with Gasteiger partial charge in [-0.1, -0.05) is 28.9 Å². The van der Waals surface area contributed by atoms with Crippen LogP contribution in [0.4, 0.5) is 5.69 Å². The normalized spacial score (nSPS) is 12.4. The number of ether oxygens (including phenoxy) is 3. The Balaban J connectivity index is 1.46. The molecule has 0 unspecified atom stereocenters. The molecule has 1 aliphatic rings. The van der Waals surface area contributed by atoms with E-state index in [9.17, 15) is 14.9 Å². The number of nitrogens with zero attached hydrogens (tertiary/aromatic N) is 4. The number of halogens is 2. The van der Waals surface area contributed by atoms with E-state index in [4.69, 9.17) is 14.2 Å². The zero-order valence-corrected chi connectivity index (χ0v) is 23.2. The van der Waals surface area contributed by atoms with Gasteiger partial charge in [0.1, 0.15) is 12.4 Å². The minimum atomic E-state index is -0.527. The van der Waals surface area contributed by atoms with Gasteiger partial charge < -0.3 is 14.2 Å². The second kappa shape index (κ2) is 10.9. The maximum absolute atomic E-state index is 13.2. The van der Waals surface area contributed by atoms with E-state index in [1.165, 1.54) is 17.0 Å². The molecule has 0 bridgehead atoms. The van der Waals surface area contributed by atoms with E-state index in [-0.39, 0.29) is 30.4 Å². The number of fused-ring (bicyclic) bond motifs is 2. The molecule has 0 spiro atoms. The lowest BCUT2D eigenvalue weighted by Gasteiger charge is -2.11. The summed E-state index contributed by atoms with van der Waals surface area (Å²) in [6.45, 7) is 2.21. The first-order valence-corrected chi connectivity index (χ1v) is 13.2. The quantitative estimate of drug-likeness (QED) is 0.132. The first-order valence-electron chi connectivity index (χ1n) is 11.6. The van der Waals surface area contributed by atoms with Crippen LogP contribution in [0, 0.1) is 10.1 Å². The number of hydrogen-bond donors (Lipinski definition) is 0. The minimum Gasteiger partial charge on any atom is -0.481 e. The fourth-order valence-electron chi connectivity index (χ4n) is 3.96. The van der Waals surface area contributed by atoms with E-state index < -0.39 is 4.92 Å². The van der Waals surface area contributed by atoms with E-state index in [1.54, 1.807) is 36.4 Å². The predicted molar refractivity (Wildman–Crippen MR) is 148 cm³/mol. The largest absolute Gasteiger partial charge is 0.481 e. The highest BCUT2D eigenvalue weighted by molar-refractivity contribution is 9.10. The highest BCUT2D eigenvalue weighted by atomic mass is 79.9. The molecule has 2 heterocycles. The van der Waals surface area contributed by atoms with Gasteiger partial charge in [-0.25, -0.2) is 4.98 Å². The number of rotatable bonds is 8. The number of benzene rings is 3. The van der Waals surface area contributed by atoms with E-state index >= 15 is 0 Å². The van der Waals surface area contributed by atoms with Gasteiger partial charge in [-0.15, -0.1) is 0 Å². The molecule has 0 amide bonds. The first kappa shape index (κ1) is 25.9. The second-order valence-electron chi connectivity index (χ2n) is 8.39. The molecule has 12 heteroatoms. The molecule has 0 fully saturated rings. The van der Waals surface area contributed by atoms with Crippen molar-refractivity contribution in [1.29, 1.82) is 0 Å². The molecule has 38 heavy (non-hydrogen) atoms. The highest BCUT2D eigenvalue weighted by Gasteiger charge is 2.21. The fraction of sp³-hybridized carbons (Fsp3) is 0.192. The average molecular weight is 644 g/mol. The summed E-state index contributed by atoms with van der Waals surface area (Å²) in [6.07, 6.45) is 2.69. The van der Waals surface area contributed by atoms with Crippen molar-refractivity contribution in [3.05, 3.63) is 94.9 Å². The van der Waals surface area contributed by atoms with E-state index in [0.29, 0.717) is 44.7 Å². The molecule has 0 aliphatic carbocycles. The van der Waals surface area contributed by atoms with Gasteiger partial charge in [0.25, 0.3) is 5.56 Å². The summed E-state index contributed by atoms with van der Waals surface area (Å²) in [5.74, 6) is 1.81. The van der Waals surface area contributed by atoms with Gasteiger partial charge in [-0.2, -0.15) is 9.78 Å². The lowest BCUT2D eigenvalue weighted by atomic mass is 10.2. The van der Waals surface area contributed by atoms with E-state index in [2.05, 4.69) is 41.9 Å². The third-order valence-electron chi connectivity index (χ3n) is 5.73. The fourth-order valence-corrected chi connectivity index (χ4v) is 4.91. The maximum atomic E-state index is 13.2. The Labute approximate surface area is 233 Å². The van der Waals surface area contributed by atoms with Gasteiger partial charge in [-0.3, -0.25) is 14.9 Å². The molecule has 5 rings (SSSR count). The van der Waals surface area contributed by atoms with E-state index in [1.807, 2.05) is 13.0 Å². The molecule has 4 aromatic rings. The molecule has 1 aliphatic heterocycles. The van der Waals surface area contributed by atoms with Crippen molar-refractivity contribution in [3.8, 4) is 17.2 Å². The zero-order valence-electron chi connectivity index (χ0n) is 20.0. The summed E-state index contributed by atoms with van der Waals surface area (Å²) in [7, 11) is 0. The van der Waals surface area contributed by atoms with Crippen LogP contribution in [0.25, 0.3) is 10.9 Å². The van der Waals surface area contributed by atoms with Crippen LogP contribution in [0.3, 0.4) is 0 Å². The predicted octanol–water partition coefficient (Wildman–Crippen LogP) is 5.97. The molecule has 0 saturated carbocycles. The number of aryl methyl sites for hydroxylation is 1. The van der Waals surface area contributed by atoms with Crippen LogP contribution in [-0.4, -0.2) is 27.6 Å². The Kier molecular flexibility index (Phi) is 7.43. The molecule has 194 valence electrons. The van der Waals surface area contributed by atoms with Gasteiger partial charge in [0.2, 0.25) is 12.5 Å². The molecule has 0 saturated heterocycles. The molecule has 0 N–H and O–H groups in total. The Bertz CT molecular complexity index is 1650. The Morgan fingerprint density at radius 2 is 1.97 bits per heavy atom. The van der Waals surface area contributed by atoms with Gasteiger partial charge in [-0.05, 0) is 64.3 Å². The monoisotopic (exact) mass is 642 g/mol. The third-order valence-corrected chi connectivity index (χ3v) is 6.82. The maximum Gasteiger partial charge on any atom is 0.312 e. The van der Waals surface area contributed by atoms with Crippen LogP contribution >= 0.6 is 31.9 Å². The highest BCUT2D eigenvalue weighted by Crippen LogP contribution is 2.38. The molecular weight excluding hydrogens is 624 g/mol. The van der Waals surface area contributed by atoms with Crippen LogP contribution in [-0.2, 0) is 13.0 Å². The standard InChI is InChI=1S/C26H20Br2N4O6/c1-2-3-24-30-20-6-5-17(27)11-18(20)26(33)31(24)29-12-16-8-19(28)25(21(9-16)32(34)35)36-13-15-4-7-22-23(10-15)38-14-37-22/h4-12H,2-3,13-14H2,1H3. The second-order valence-corrected chi connectivity index (χ2v) is 10.2. The van der Waals surface area contributed by atoms with Crippen LogP contribution in [0.5, 0.6) is 17.2 Å². The van der Waals surface area contributed by atoms with Crippen LogP contribution in [0.15, 0.2) is 67.4 Å². The number of aromatic nitrogens is 2. The molecule has 3 aromatic carbocycles. The number of nitro groups is 1. The lowest BCUT2D eigenvalue weighted by molar-refractivity contribution is -0.386. The molecule has 0 atom stereocenters. The van der Waals surface area contributed by atoms with Crippen molar-refractivity contribution < 1.29 is 19.1 Å². The molecule has 1 aromatic heterocycles. The first-order chi connectivity index (χ1) is 18.3. The Morgan fingerprint density at radius 3 is 2.76 bits per heavy atom. The van der Waals surface area contributed by atoms with Gasteiger partial charge >= 0.3 is 5.69 Å². The molecule has 0 radical (unpaired) electrons. The minimum absolute atomic E-state index is 0.0749. The van der Waals surface area contributed by atoms with Gasteiger partial charge in [0, 0.05) is 22.5 Å². The molecule has 10 nitrogen and oxygen atoms in total. The van der Waals surface area contributed by atoms with Gasteiger partial charge in [0.05, 0.1) is 26.5 Å². The van der Waals surface area contributed by atoms with Crippen molar-refractivity contribution in [3.63, 3.8) is 0 Å². The Morgan fingerprint density at radius 1 is 1.16 bits per heavy atom. The summed E-state index contributed by atoms with van der Waals surface area (Å²) >= 11 is 6.77. The molecular formula is C26H20Br2N4O6. The van der Waals surface area contributed by atoms with Crippen molar-refractivity contribution in [2.75, 3.05) is 6.79 Å². The Hall–Kier alpha value is -3.77. The van der Waals surface area contributed by atoms with Gasteiger partial charge in [0.15, 0.2) is 11.5 Å². The van der Waals surface area contributed by atoms with Crippen LogP contribution in [0.1, 0.15) is 30.3 Å².